The van der Waals surface area contributed by atoms with Gasteiger partial charge in [0.2, 0.25) is 10.0 Å². The molecule has 0 saturated carbocycles. The first-order chi connectivity index (χ1) is 9.77. The number of benzene rings is 1. The number of nitrogens with one attached hydrogen (secondary N) is 1. The molecule has 1 unspecified atom stereocenters. The Hall–Kier alpha value is -0.480. The Bertz CT molecular complexity index is 606. The van der Waals surface area contributed by atoms with Crippen LogP contribution in [0.2, 0.25) is 0 Å². The second kappa shape index (κ2) is 8.23. The minimum absolute atomic E-state index is 0.0105. The van der Waals surface area contributed by atoms with E-state index in [1.165, 1.54) is 13.2 Å². The van der Waals surface area contributed by atoms with Crippen LogP contribution in [-0.4, -0.2) is 39.3 Å². The zero-order valence-electron chi connectivity index (χ0n) is 11.2. The van der Waals surface area contributed by atoms with Gasteiger partial charge in [-0.15, -0.1) is 0 Å². The highest BCUT2D eigenvalue weighted by Crippen LogP contribution is 2.25. The van der Waals surface area contributed by atoms with Crippen LogP contribution in [0.25, 0.3) is 0 Å². The van der Waals surface area contributed by atoms with E-state index in [4.69, 9.17) is 9.84 Å². The quantitative estimate of drug-likeness (QED) is 0.600. The Labute approximate surface area is 140 Å². The van der Waals surface area contributed by atoms with Crippen LogP contribution in [0.4, 0.5) is 0 Å². The van der Waals surface area contributed by atoms with Gasteiger partial charge in [-0.3, -0.25) is 4.79 Å². The molecule has 21 heavy (non-hydrogen) atoms. The molecular weight excluding hydrogens is 430 g/mol. The number of rotatable bonds is 8. The predicted molar refractivity (Wildman–Crippen MR) is 84.7 cm³/mol. The molecule has 1 aromatic carbocycles. The average molecular weight is 445 g/mol. The van der Waals surface area contributed by atoms with Gasteiger partial charge in [-0.1, -0.05) is 15.9 Å². The Morgan fingerprint density at radius 1 is 1.43 bits per heavy atom. The summed E-state index contributed by atoms with van der Waals surface area (Å²) in [6.07, 6.45) is 0.591. The molecule has 0 aliphatic rings. The van der Waals surface area contributed by atoms with E-state index in [9.17, 15) is 13.2 Å². The summed E-state index contributed by atoms with van der Waals surface area (Å²) < 4.78 is 32.6. The van der Waals surface area contributed by atoms with Crippen LogP contribution in [0.5, 0.6) is 0 Å². The molecule has 1 atom stereocenters. The van der Waals surface area contributed by atoms with Gasteiger partial charge < -0.3 is 9.84 Å². The van der Waals surface area contributed by atoms with E-state index >= 15 is 0 Å². The van der Waals surface area contributed by atoms with E-state index in [2.05, 4.69) is 36.6 Å². The zero-order chi connectivity index (χ0) is 16.0. The molecule has 0 fully saturated rings. The molecule has 2 N–H and O–H groups in total. The molecule has 6 nitrogen and oxygen atoms in total. The van der Waals surface area contributed by atoms with Gasteiger partial charge in [-0.05, 0) is 47.0 Å². The van der Waals surface area contributed by atoms with Crippen LogP contribution < -0.4 is 4.72 Å². The number of aliphatic carboxylic acids is 1. The first-order valence-electron chi connectivity index (χ1n) is 5.97. The topological polar surface area (TPSA) is 92.7 Å². The van der Waals surface area contributed by atoms with Crippen molar-refractivity contribution in [2.75, 3.05) is 13.7 Å². The van der Waals surface area contributed by atoms with E-state index in [1.807, 2.05) is 0 Å². The third kappa shape index (κ3) is 5.67. The van der Waals surface area contributed by atoms with E-state index in [0.29, 0.717) is 22.0 Å². The van der Waals surface area contributed by atoms with Crippen molar-refractivity contribution in [2.24, 2.45) is 0 Å². The van der Waals surface area contributed by atoms with E-state index in [1.54, 1.807) is 12.1 Å². The van der Waals surface area contributed by atoms with Crippen molar-refractivity contribution in [3.05, 3.63) is 27.1 Å². The molecule has 0 saturated heterocycles. The fraction of sp³-hybridized carbons (Fsp3) is 0.417. The Balaban J connectivity index is 2.92. The van der Waals surface area contributed by atoms with E-state index in [-0.39, 0.29) is 11.3 Å². The summed E-state index contributed by atoms with van der Waals surface area (Å²) in [6.45, 7) is 0.369. The smallest absolute Gasteiger partial charge is 0.321 e. The molecule has 0 bridgehead atoms. The van der Waals surface area contributed by atoms with Crippen molar-refractivity contribution in [2.45, 2.75) is 23.8 Å². The van der Waals surface area contributed by atoms with Gasteiger partial charge in [-0.25, -0.2) is 8.42 Å². The van der Waals surface area contributed by atoms with Gasteiger partial charge in [0.1, 0.15) is 6.04 Å². The maximum absolute atomic E-state index is 12.3. The van der Waals surface area contributed by atoms with Gasteiger partial charge in [0.05, 0.1) is 4.90 Å². The molecule has 1 rings (SSSR count). The molecule has 0 radical (unpaired) electrons. The summed E-state index contributed by atoms with van der Waals surface area (Å²) in [6, 6.07) is 3.35. The number of carboxylic acid groups (broad SMARTS) is 1. The molecule has 0 aliphatic heterocycles. The molecule has 0 spiro atoms. The lowest BCUT2D eigenvalue weighted by Gasteiger charge is -2.15. The number of carbonyl (C=O) groups is 1. The van der Waals surface area contributed by atoms with Gasteiger partial charge in [-0.2, -0.15) is 4.72 Å². The Morgan fingerprint density at radius 2 is 2.10 bits per heavy atom. The van der Waals surface area contributed by atoms with Crippen molar-refractivity contribution in [3.8, 4) is 0 Å². The summed E-state index contributed by atoms with van der Waals surface area (Å²) >= 11 is 6.38. The maximum Gasteiger partial charge on any atom is 0.321 e. The van der Waals surface area contributed by atoms with Gasteiger partial charge >= 0.3 is 5.97 Å². The average Bonchev–Trinajstić information content (AvgIpc) is 2.36. The van der Waals surface area contributed by atoms with Crippen molar-refractivity contribution >= 4 is 47.9 Å². The van der Waals surface area contributed by atoms with Crippen LogP contribution in [0.3, 0.4) is 0 Å². The maximum atomic E-state index is 12.3. The summed E-state index contributed by atoms with van der Waals surface area (Å²) in [5, 5.41) is 9.11. The molecule has 0 amide bonds. The summed E-state index contributed by atoms with van der Waals surface area (Å²) in [5.41, 5.74) is 0. The molecule has 0 aromatic heterocycles. The highest BCUT2D eigenvalue weighted by Gasteiger charge is 2.26. The highest BCUT2D eigenvalue weighted by molar-refractivity contribution is 9.11. The molecule has 118 valence electrons. The number of carboxylic acids is 1. The van der Waals surface area contributed by atoms with Crippen LogP contribution in [-0.2, 0) is 19.6 Å². The minimum Gasteiger partial charge on any atom is -0.480 e. The Kier molecular flexibility index (Phi) is 7.28. The third-order valence-corrected chi connectivity index (χ3v) is 5.56. The second-order valence-corrected chi connectivity index (χ2v) is 7.67. The van der Waals surface area contributed by atoms with Gasteiger partial charge in [0.15, 0.2) is 0 Å². The van der Waals surface area contributed by atoms with Crippen molar-refractivity contribution < 1.29 is 23.1 Å². The SMILES string of the molecule is COCCCC(NS(=O)(=O)c1ccc(Br)cc1Br)C(=O)O. The lowest BCUT2D eigenvalue weighted by Crippen LogP contribution is -2.40. The minimum atomic E-state index is -3.93. The second-order valence-electron chi connectivity index (χ2n) is 4.22. The van der Waals surface area contributed by atoms with E-state index in [0.717, 1.165) is 0 Å². The largest absolute Gasteiger partial charge is 0.480 e. The van der Waals surface area contributed by atoms with E-state index < -0.39 is 22.0 Å². The van der Waals surface area contributed by atoms with Crippen molar-refractivity contribution in [1.29, 1.82) is 0 Å². The highest BCUT2D eigenvalue weighted by atomic mass is 79.9. The van der Waals surface area contributed by atoms with Crippen LogP contribution >= 0.6 is 31.9 Å². The molecule has 1 aromatic rings. The lowest BCUT2D eigenvalue weighted by atomic mass is 10.2. The summed E-state index contributed by atoms with van der Waals surface area (Å²) in [4.78, 5) is 11.1. The van der Waals surface area contributed by atoms with Crippen LogP contribution in [0.1, 0.15) is 12.8 Å². The van der Waals surface area contributed by atoms with Gasteiger partial charge in [0.25, 0.3) is 0 Å². The third-order valence-electron chi connectivity index (χ3n) is 2.62. The number of methoxy groups -OCH3 is 1. The van der Waals surface area contributed by atoms with Crippen molar-refractivity contribution in [3.63, 3.8) is 0 Å². The number of halogens is 2. The monoisotopic (exact) mass is 443 g/mol. The van der Waals surface area contributed by atoms with Crippen LogP contribution in [0.15, 0.2) is 32.0 Å². The zero-order valence-corrected chi connectivity index (χ0v) is 15.2. The standard InChI is InChI=1S/C12H15Br2NO5S/c1-20-6-2-3-10(12(16)17)15-21(18,19)11-5-4-8(13)7-9(11)14/h4-5,7,10,15H,2-3,6H2,1H3,(H,16,17). The fourth-order valence-electron chi connectivity index (χ4n) is 1.61. The molecular formula is C12H15Br2NO5S. The number of hydrogen-bond acceptors (Lipinski definition) is 4. The summed E-state index contributed by atoms with van der Waals surface area (Å²) in [5.74, 6) is -1.22. The molecule has 9 heteroatoms. The molecule has 0 heterocycles. The first-order valence-corrected chi connectivity index (χ1v) is 9.04. The van der Waals surface area contributed by atoms with Crippen molar-refractivity contribution in [1.82, 2.24) is 4.72 Å². The normalized spacial score (nSPS) is 13.1. The van der Waals surface area contributed by atoms with Gasteiger partial charge in [0, 0.05) is 22.7 Å². The predicted octanol–water partition coefficient (Wildman–Crippen LogP) is 2.37. The first kappa shape index (κ1) is 18.6. The van der Waals surface area contributed by atoms with Crippen LogP contribution in [0, 0.1) is 0 Å². The fourth-order valence-corrected chi connectivity index (χ4v) is 4.58. The Morgan fingerprint density at radius 3 is 2.62 bits per heavy atom. The lowest BCUT2D eigenvalue weighted by molar-refractivity contribution is -0.139. The number of ether oxygens (including phenoxy) is 1. The summed E-state index contributed by atoms with van der Waals surface area (Å²) in [7, 11) is -2.43. The molecule has 0 aliphatic carbocycles. The number of sulfonamides is 1. The number of hydrogen-bond donors (Lipinski definition) is 2.